The highest BCUT2D eigenvalue weighted by molar-refractivity contribution is 7.14. The molecule has 3 aromatic heterocycles. The Morgan fingerprint density at radius 1 is 1.16 bits per heavy atom. The van der Waals surface area contributed by atoms with Crippen LogP contribution in [0.1, 0.15) is 71.2 Å². The van der Waals surface area contributed by atoms with Gasteiger partial charge in [-0.1, -0.05) is 52.5 Å². The summed E-state index contributed by atoms with van der Waals surface area (Å²) in [4.78, 5) is 34.4. The predicted molar refractivity (Wildman–Crippen MR) is 178 cm³/mol. The fourth-order valence-corrected chi connectivity index (χ4v) is 7.04. The molecule has 2 N–H and O–H groups in total. The average Bonchev–Trinajstić information content (AvgIpc) is 3.40. The molecule has 1 amide bonds. The summed E-state index contributed by atoms with van der Waals surface area (Å²) in [5.41, 5.74) is 5.00. The van der Waals surface area contributed by atoms with Crippen LogP contribution >= 0.6 is 11.3 Å². The Labute approximate surface area is 262 Å². The molecule has 0 atom stereocenters. The first-order valence-electron chi connectivity index (χ1n) is 15.2. The third kappa shape index (κ3) is 6.29. The van der Waals surface area contributed by atoms with Gasteiger partial charge in [0.15, 0.2) is 5.82 Å². The fraction of sp³-hybridized carbons (Fsp3) is 0.469. The molecule has 6 rings (SSSR count). The number of hydrogen-bond acceptors (Lipinski definition) is 8. The summed E-state index contributed by atoms with van der Waals surface area (Å²) < 4.78 is 7.33. The van der Waals surface area contributed by atoms with Crippen LogP contribution in [0.2, 0.25) is 25.7 Å². The number of rotatable bonds is 10. The van der Waals surface area contributed by atoms with Crippen molar-refractivity contribution in [2.45, 2.75) is 90.8 Å². The highest BCUT2D eigenvalue weighted by Crippen LogP contribution is 2.40. The van der Waals surface area contributed by atoms with Crippen LogP contribution in [-0.4, -0.2) is 45.5 Å². The van der Waals surface area contributed by atoms with E-state index in [4.69, 9.17) is 14.8 Å². The Bertz CT molecular complexity index is 1780. The number of carbonyl (C=O) groups excluding carboxylic acids is 1. The molecule has 44 heavy (non-hydrogen) atoms. The van der Waals surface area contributed by atoms with Crippen LogP contribution in [-0.2, 0) is 23.4 Å². The largest absolute Gasteiger partial charge is 0.359 e. The first-order chi connectivity index (χ1) is 20.8. The molecule has 4 aromatic rings. The number of hydrogen-bond donors (Lipinski definition) is 2. The summed E-state index contributed by atoms with van der Waals surface area (Å²) in [5, 5.41) is 16.4. The number of ether oxygens (including phenoxy) is 1. The van der Waals surface area contributed by atoms with Gasteiger partial charge in [0.05, 0.1) is 22.9 Å². The maximum atomic E-state index is 13.6. The maximum Gasteiger partial charge on any atom is 0.292 e. The molecule has 1 fully saturated rings. The van der Waals surface area contributed by atoms with Crippen molar-refractivity contribution in [2.75, 3.05) is 16.8 Å². The minimum absolute atomic E-state index is 0.0330. The van der Waals surface area contributed by atoms with Crippen molar-refractivity contribution in [1.29, 1.82) is 0 Å². The number of carbonyl (C=O) groups is 1. The van der Waals surface area contributed by atoms with Gasteiger partial charge < -0.3 is 15.0 Å². The average molecular weight is 632 g/mol. The molecular weight excluding hydrogens is 591 g/mol. The van der Waals surface area contributed by atoms with Crippen molar-refractivity contribution in [3.63, 3.8) is 0 Å². The van der Waals surface area contributed by atoms with E-state index in [2.05, 4.69) is 55.9 Å². The minimum Gasteiger partial charge on any atom is -0.359 e. The van der Waals surface area contributed by atoms with Crippen LogP contribution in [0.4, 0.5) is 17.2 Å². The van der Waals surface area contributed by atoms with Gasteiger partial charge in [0.2, 0.25) is 0 Å². The highest BCUT2D eigenvalue weighted by Gasteiger charge is 2.35. The number of H-pyrrole nitrogens is 1. The van der Waals surface area contributed by atoms with Gasteiger partial charge in [-0.15, -0.1) is 11.3 Å². The second-order valence-electron chi connectivity index (χ2n) is 14.1. The Balaban J connectivity index is 1.33. The van der Waals surface area contributed by atoms with E-state index in [1.165, 1.54) is 16.0 Å². The van der Waals surface area contributed by atoms with Crippen molar-refractivity contribution in [2.24, 2.45) is 0 Å². The number of amides is 1. The van der Waals surface area contributed by atoms with Gasteiger partial charge in [0.1, 0.15) is 17.3 Å². The summed E-state index contributed by atoms with van der Waals surface area (Å²) >= 11 is 1.49. The normalized spacial score (nSPS) is 15.2. The fourth-order valence-electron chi connectivity index (χ4n) is 5.20. The highest BCUT2D eigenvalue weighted by atomic mass is 32.1. The smallest absolute Gasteiger partial charge is 0.292 e. The van der Waals surface area contributed by atoms with Gasteiger partial charge in [0.25, 0.3) is 11.5 Å². The summed E-state index contributed by atoms with van der Waals surface area (Å²) in [7, 11) is -1.29. The number of nitrogens with one attached hydrogen (secondary N) is 2. The Morgan fingerprint density at radius 3 is 2.61 bits per heavy atom. The van der Waals surface area contributed by atoms with Crippen LogP contribution in [0.25, 0.3) is 11.3 Å². The molecule has 1 saturated carbocycles. The Kier molecular flexibility index (Phi) is 7.87. The maximum absolute atomic E-state index is 13.6. The summed E-state index contributed by atoms with van der Waals surface area (Å²) in [5.74, 6) is 1.07. The second kappa shape index (κ2) is 11.4. The molecule has 4 heterocycles. The molecule has 0 radical (unpaired) electrons. The SMILES string of the molecule is Cc1c(-c2cc(Nc3cc(C4CC4)[nH]n3)c(=O)n(COCC[Si](C)(C)C)n2)cccc1N1Cc2nc(C(C)(C)C)sc2C1=O. The van der Waals surface area contributed by atoms with Crippen LogP contribution < -0.4 is 15.8 Å². The molecule has 232 valence electrons. The lowest BCUT2D eigenvalue weighted by atomic mass is 9.98. The minimum atomic E-state index is -1.29. The lowest BCUT2D eigenvalue weighted by Crippen LogP contribution is -2.28. The molecule has 0 unspecified atom stereocenters. The molecule has 0 saturated heterocycles. The van der Waals surface area contributed by atoms with Gasteiger partial charge >= 0.3 is 0 Å². The van der Waals surface area contributed by atoms with Gasteiger partial charge in [-0.3, -0.25) is 14.7 Å². The van der Waals surface area contributed by atoms with E-state index < -0.39 is 8.07 Å². The van der Waals surface area contributed by atoms with E-state index in [0.29, 0.717) is 41.1 Å². The van der Waals surface area contributed by atoms with E-state index in [0.717, 1.165) is 52.1 Å². The van der Waals surface area contributed by atoms with E-state index in [1.807, 2.05) is 31.2 Å². The van der Waals surface area contributed by atoms with E-state index >= 15 is 0 Å². The lowest BCUT2D eigenvalue weighted by Gasteiger charge is -2.21. The molecule has 10 nitrogen and oxygen atoms in total. The van der Waals surface area contributed by atoms with Gasteiger partial charge in [-0.2, -0.15) is 10.2 Å². The summed E-state index contributed by atoms with van der Waals surface area (Å²) in [6, 6.07) is 10.6. The molecule has 0 spiro atoms. The number of anilines is 3. The molecule has 0 bridgehead atoms. The van der Waals surface area contributed by atoms with Crippen molar-refractivity contribution in [3.8, 4) is 11.3 Å². The third-order valence-electron chi connectivity index (χ3n) is 8.02. The Hall–Kier alpha value is -3.61. The van der Waals surface area contributed by atoms with Crippen molar-refractivity contribution in [3.05, 3.63) is 67.5 Å². The quantitative estimate of drug-likeness (QED) is 0.146. The molecule has 1 aliphatic carbocycles. The van der Waals surface area contributed by atoms with Crippen molar-refractivity contribution >= 4 is 42.5 Å². The van der Waals surface area contributed by atoms with E-state index in [-0.39, 0.29) is 23.6 Å². The summed E-state index contributed by atoms with van der Waals surface area (Å²) in [6.07, 6.45) is 2.30. The number of fused-ring (bicyclic) bond motifs is 1. The zero-order valence-electron chi connectivity index (χ0n) is 26.6. The molecular formula is C32H41N7O3SSi. The zero-order chi connectivity index (χ0) is 31.4. The monoisotopic (exact) mass is 631 g/mol. The van der Waals surface area contributed by atoms with E-state index in [1.54, 1.807) is 11.0 Å². The molecule has 1 aliphatic heterocycles. The zero-order valence-corrected chi connectivity index (χ0v) is 28.4. The van der Waals surface area contributed by atoms with Gasteiger partial charge in [0, 0.05) is 49.0 Å². The van der Waals surface area contributed by atoms with Crippen molar-refractivity contribution < 1.29 is 9.53 Å². The molecule has 2 aliphatic rings. The van der Waals surface area contributed by atoms with Gasteiger partial charge in [-0.05, 0) is 43.5 Å². The predicted octanol–water partition coefficient (Wildman–Crippen LogP) is 6.79. The van der Waals surface area contributed by atoms with Crippen LogP contribution in [0, 0.1) is 6.92 Å². The second-order valence-corrected chi connectivity index (χ2v) is 20.7. The molecule has 12 heteroatoms. The van der Waals surface area contributed by atoms with Crippen LogP contribution in [0.3, 0.4) is 0 Å². The number of aromatic nitrogens is 5. The topological polar surface area (TPSA) is 118 Å². The lowest BCUT2D eigenvalue weighted by molar-refractivity contribution is 0.0754. The van der Waals surface area contributed by atoms with Crippen molar-refractivity contribution in [1.82, 2.24) is 25.0 Å². The first-order valence-corrected chi connectivity index (χ1v) is 19.7. The van der Waals surface area contributed by atoms with E-state index in [9.17, 15) is 9.59 Å². The first kappa shape index (κ1) is 30.4. The van der Waals surface area contributed by atoms with Crippen LogP contribution in [0.15, 0.2) is 35.1 Å². The Morgan fingerprint density at radius 2 is 1.93 bits per heavy atom. The number of nitrogens with zero attached hydrogens (tertiary/aromatic N) is 5. The third-order valence-corrected chi connectivity index (χ3v) is 11.2. The number of thiazole rings is 1. The number of aromatic amines is 1. The molecule has 1 aromatic carbocycles. The van der Waals surface area contributed by atoms with Crippen LogP contribution in [0.5, 0.6) is 0 Å². The number of benzene rings is 1. The summed E-state index contributed by atoms with van der Waals surface area (Å²) in [6.45, 7) is 16.3. The van der Waals surface area contributed by atoms with Gasteiger partial charge in [-0.25, -0.2) is 9.67 Å². The standard InChI is InChI=1S/C32H41N7O3SSi/c1-19-21(9-8-10-26(19)38-17-25-28(30(38)41)43-31(34-25)32(2,3)4)23-15-24(33-27-16-22(35-36-27)20-11-12-20)29(40)39(37-23)18-42-13-14-44(5,6)7/h8-10,15-16,20H,11-14,17-18H2,1-7H3,(H2,33,35,36).